The van der Waals surface area contributed by atoms with Crippen LogP contribution in [0.4, 0.5) is 0 Å². The Morgan fingerprint density at radius 1 is 1.48 bits per heavy atom. The number of alkyl halides is 1. The molecule has 9 heteroatoms. The monoisotopic (exact) mass is 472 g/mol. The summed E-state index contributed by atoms with van der Waals surface area (Å²) in [5, 5.41) is 19.6. The lowest BCUT2D eigenvalue weighted by Gasteiger charge is -2.43. The summed E-state index contributed by atoms with van der Waals surface area (Å²) >= 11 is 3.50. The van der Waals surface area contributed by atoms with E-state index in [2.05, 4.69) is 22.5 Å². The topological polar surface area (TPSA) is 107 Å². The molecule has 2 bridgehead atoms. The standard InChI is InChI=1S/C20H29BrN2O6/c1-6-7-22(19(3,4)5)17(26)15-20-8-11(21)14(29-20)12(18(27)28)13(20)16(25)23(15)10(2)9-24/h6,10-15,24H,1,7-9H2,2-5H3,(H,27,28)/t10-,11?,12-,13+,14-,15-,20+/m1/s1. The Morgan fingerprint density at radius 3 is 2.59 bits per heavy atom. The number of ether oxygens (including phenoxy) is 1. The highest BCUT2D eigenvalue weighted by Crippen LogP contribution is 2.60. The van der Waals surface area contributed by atoms with Crippen molar-refractivity contribution >= 4 is 33.7 Å². The molecule has 3 aliphatic rings. The Hall–Kier alpha value is -1.45. The first-order valence-electron chi connectivity index (χ1n) is 9.82. The first-order valence-corrected chi connectivity index (χ1v) is 10.7. The van der Waals surface area contributed by atoms with Crippen LogP contribution in [-0.2, 0) is 19.1 Å². The van der Waals surface area contributed by atoms with Crippen molar-refractivity contribution in [3.63, 3.8) is 0 Å². The molecule has 1 spiro atoms. The molecule has 0 saturated carbocycles. The van der Waals surface area contributed by atoms with Crippen LogP contribution >= 0.6 is 15.9 Å². The Morgan fingerprint density at radius 2 is 2.10 bits per heavy atom. The van der Waals surface area contributed by atoms with Crippen molar-refractivity contribution < 1.29 is 29.3 Å². The van der Waals surface area contributed by atoms with Crippen molar-refractivity contribution in [2.75, 3.05) is 13.2 Å². The first kappa shape index (κ1) is 22.2. The number of hydrogen-bond donors (Lipinski definition) is 2. The van der Waals surface area contributed by atoms with Crippen LogP contribution in [0.5, 0.6) is 0 Å². The Kier molecular flexibility index (Phi) is 5.64. The maximum atomic E-state index is 13.8. The van der Waals surface area contributed by atoms with E-state index in [-0.39, 0.29) is 23.9 Å². The zero-order valence-corrected chi connectivity index (χ0v) is 18.8. The number of carboxylic acid groups (broad SMARTS) is 1. The van der Waals surface area contributed by atoms with Gasteiger partial charge in [-0.25, -0.2) is 0 Å². The lowest BCUT2D eigenvalue weighted by molar-refractivity contribution is -0.155. The fourth-order valence-corrected chi connectivity index (χ4v) is 6.11. The summed E-state index contributed by atoms with van der Waals surface area (Å²) in [6.07, 6.45) is 1.30. The second kappa shape index (κ2) is 7.35. The predicted octanol–water partition coefficient (Wildman–Crippen LogP) is 1.01. The first-order chi connectivity index (χ1) is 13.4. The second-order valence-corrected chi connectivity index (χ2v) is 10.4. The molecule has 2 amide bonds. The second-order valence-electron chi connectivity index (χ2n) is 9.19. The van der Waals surface area contributed by atoms with E-state index in [1.807, 2.05) is 20.8 Å². The van der Waals surface area contributed by atoms with Gasteiger partial charge in [0.05, 0.1) is 30.6 Å². The number of aliphatic hydroxyl groups excluding tert-OH is 1. The van der Waals surface area contributed by atoms with Crippen LogP contribution in [0.3, 0.4) is 0 Å². The highest BCUT2D eigenvalue weighted by molar-refractivity contribution is 9.09. The molecule has 0 aliphatic carbocycles. The highest BCUT2D eigenvalue weighted by atomic mass is 79.9. The van der Waals surface area contributed by atoms with Gasteiger partial charge in [-0.3, -0.25) is 14.4 Å². The SMILES string of the molecule is C=CCN(C(=O)[C@H]1N([C@H](C)CO)C(=O)[C@@H]2[C@@H](C(=O)O)[C@@H]3O[C@@]21CC3Br)C(C)(C)C. The number of carboxylic acids is 1. The van der Waals surface area contributed by atoms with Gasteiger partial charge in [0, 0.05) is 16.9 Å². The summed E-state index contributed by atoms with van der Waals surface area (Å²) in [5.74, 6) is -3.85. The maximum Gasteiger partial charge on any atom is 0.310 e. The lowest BCUT2D eigenvalue weighted by Crippen LogP contribution is -2.61. The van der Waals surface area contributed by atoms with Crippen LogP contribution in [-0.4, -0.2) is 85.1 Å². The van der Waals surface area contributed by atoms with Gasteiger partial charge in [-0.05, 0) is 34.1 Å². The fraction of sp³-hybridized carbons (Fsp3) is 0.750. The van der Waals surface area contributed by atoms with Gasteiger partial charge in [0.1, 0.15) is 11.6 Å². The molecule has 2 N–H and O–H groups in total. The summed E-state index contributed by atoms with van der Waals surface area (Å²) < 4.78 is 6.19. The number of carbonyl (C=O) groups excluding carboxylic acids is 2. The van der Waals surface area contributed by atoms with Crippen LogP contribution in [0.25, 0.3) is 0 Å². The van der Waals surface area contributed by atoms with E-state index in [1.54, 1.807) is 17.9 Å². The molecular weight excluding hydrogens is 444 g/mol. The van der Waals surface area contributed by atoms with Crippen LogP contribution in [0.15, 0.2) is 12.7 Å². The third-order valence-corrected chi connectivity index (χ3v) is 7.22. The molecule has 3 saturated heterocycles. The van der Waals surface area contributed by atoms with Gasteiger partial charge in [-0.15, -0.1) is 6.58 Å². The molecule has 7 atom stereocenters. The molecule has 162 valence electrons. The molecule has 3 heterocycles. The Labute approximate surface area is 179 Å². The van der Waals surface area contributed by atoms with E-state index < -0.39 is 53.0 Å². The molecule has 3 aliphatic heterocycles. The normalized spacial score (nSPS) is 36.8. The highest BCUT2D eigenvalue weighted by Gasteiger charge is 2.77. The lowest BCUT2D eigenvalue weighted by atomic mass is 9.70. The van der Waals surface area contributed by atoms with Crippen molar-refractivity contribution in [1.29, 1.82) is 0 Å². The number of carbonyl (C=O) groups is 3. The quantitative estimate of drug-likeness (QED) is 0.441. The van der Waals surface area contributed by atoms with Gasteiger partial charge in [0.2, 0.25) is 11.8 Å². The third kappa shape index (κ3) is 3.13. The summed E-state index contributed by atoms with van der Waals surface area (Å²) in [6, 6.07) is -1.65. The van der Waals surface area contributed by atoms with E-state index >= 15 is 0 Å². The molecule has 3 rings (SSSR count). The average molecular weight is 473 g/mol. The smallest absolute Gasteiger partial charge is 0.310 e. The van der Waals surface area contributed by atoms with Crippen molar-refractivity contribution in [2.24, 2.45) is 11.8 Å². The number of fused-ring (bicyclic) bond motifs is 1. The van der Waals surface area contributed by atoms with Crippen molar-refractivity contribution in [3.8, 4) is 0 Å². The van der Waals surface area contributed by atoms with Crippen LogP contribution < -0.4 is 0 Å². The van der Waals surface area contributed by atoms with Crippen LogP contribution in [0.2, 0.25) is 0 Å². The van der Waals surface area contributed by atoms with E-state index in [9.17, 15) is 24.6 Å². The minimum absolute atomic E-state index is 0.269. The van der Waals surface area contributed by atoms with E-state index in [0.29, 0.717) is 6.42 Å². The zero-order valence-electron chi connectivity index (χ0n) is 17.2. The molecule has 0 aromatic heterocycles. The number of halogens is 1. The number of amides is 2. The average Bonchev–Trinajstić information content (AvgIpc) is 3.21. The molecule has 3 fully saturated rings. The number of aliphatic carboxylic acids is 1. The summed E-state index contributed by atoms with van der Waals surface area (Å²) in [6.45, 7) is 11.0. The molecule has 0 aromatic rings. The molecule has 0 aromatic carbocycles. The minimum atomic E-state index is -1.23. The predicted molar refractivity (Wildman–Crippen MR) is 108 cm³/mol. The van der Waals surface area contributed by atoms with Gasteiger partial charge in [-0.2, -0.15) is 0 Å². The van der Waals surface area contributed by atoms with Crippen molar-refractivity contribution in [1.82, 2.24) is 9.80 Å². The van der Waals surface area contributed by atoms with Crippen LogP contribution in [0, 0.1) is 11.8 Å². The number of rotatable bonds is 6. The third-order valence-electron chi connectivity index (χ3n) is 6.37. The summed E-state index contributed by atoms with van der Waals surface area (Å²) in [7, 11) is 0. The van der Waals surface area contributed by atoms with Gasteiger partial charge in [0.25, 0.3) is 0 Å². The van der Waals surface area contributed by atoms with E-state index in [1.165, 1.54) is 4.90 Å². The van der Waals surface area contributed by atoms with Crippen molar-refractivity contribution in [2.45, 2.75) is 68.3 Å². The van der Waals surface area contributed by atoms with Crippen LogP contribution in [0.1, 0.15) is 34.1 Å². The Balaban J connectivity index is 2.14. The Bertz CT molecular complexity index is 737. The van der Waals surface area contributed by atoms with E-state index in [0.717, 1.165) is 0 Å². The van der Waals surface area contributed by atoms with Gasteiger partial charge < -0.3 is 24.7 Å². The summed E-state index contributed by atoms with van der Waals surface area (Å²) in [5.41, 5.74) is -1.78. The van der Waals surface area contributed by atoms with Gasteiger partial charge in [0.15, 0.2) is 0 Å². The number of hydrogen-bond acceptors (Lipinski definition) is 5. The van der Waals surface area contributed by atoms with Crippen molar-refractivity contribution in [3.05, 3.63) is 12.7 Å². The molecule has 1 unspecified atom stereocenters. The molecule has 0 radical (unpaired) electrons. The number of likely N-dealkylation sites (tertiary alicyclic amines) is 1. The number of nitrogens with zero attached hydrogens (tertiary/aromatic N) is 2. The fourth-order valence-electron chi connectivity index (χ4n) is 5.16. The minimum Gasteiger partial charge on any atom is -0.481 e. The zero-order chi connectivity index (χ0) is 21.9. The molecule has 8 nitrogen and oxygen atoms in total. The molecular formula is C20H29BrN2O6. The van der Waals surface area contributed by atoms with Gasteiger partial charge in [-0.1, -0.05) is 22.0 Å². The maximum absolute atomic E-state index is 13.8. The van der Waals surface area contributed by atoms with E-state index in [4.69, 9.17) is 4.74 Å². The molecule has 29 heavy (non-hydrogen) atoms. The number of aliphatic hydroxyl groups is 1. The summed E-state index contributed by atoms with van der Waals surface area (Å²) in [4.78, 5) is 42.0. The van der Waals surface area contributed by atoms with Gasteiger partial charge >= 0.3 is 5.97 Å². The largest absolute Gasteiger partial charge is 0.481 e.